The van der Waals surface area contributed by atoms with Gasteiger partial charge in [-0.25, -0.2) is 9.07 Å². The van der Waals surface area contributed by atoms with Crippen molar-refractivity contribution in [3.05, 3.63) is 33.6 Å². The molecule has 2 aromatic rings. The Bertz CT molecular complexity index is 917. The van der Waals surface area contributed by atoms with E-state index in [0.717, 1.165) is 0 Å². The van der Waals surface area contributed by atoms with Crippen LogP contribution in [0.1, 0.15) is 11.4 Å². The molecule has 0 fully saturated rings. The monoisotopic (exact) mass is 469 g/mol. The van der Waals surface area contributed by atoms with Crippen LogP contribution in [-0.2, 0) is 17.9 Å². The van der Waals surface area contributed by atoms with Crippen LogP contribution in [-0.4, -0.2) is 26.2 Å². The lowest BCUT2D eigenvalue weighted by Crippen LogP contribution is -2.25. The first kappa shape index (κ1) is 22.4. The van der Waals surface area contributed by atoms with E-state index in [2.05, 4.69) is 9.84 Å². The fourth-order valence-electron chi connectivity index (χ4n) is 2.06. The van der Waals surface area contributed by atoms with E-state index in [4.69, 9.17) is 28.5 Å². The number of nitrogens with zero attached hydrogens (tertiary/aromatic N) is 3. The highest BCUT2D eigenvalue weighted by atomic mass is 35.5. The van der Waals surface area contributed by atoms with Crippen LogP contribution in [0.15, 0.2) is 17.0 Å². The van der Waals surface area contributed by atoms with Crippen molar-refractivity contribution in [3.63, 3.8) is 0 Å². The van der Waals surface area contributed by atoms with Gasteiger partial charge in [-0.3, -0.25) is 0 Å². The van der Waals surface area contributed by atoms with Gasteiger partial charge in [0.05, 0.1) is 10.0 Å². The summed E-state index contributed by atoms with van der Waals surface area (Å²) < 4.78 is 104. The molecule has 1 unspecified atom stereocenters. The molecular formula is C13H4Cl2F7N3O2S. The van der Waals surface area contributed by atoms with Crippen molar-refractivity contribution >= 4 is 34.4 Å². The second-order valence-corrected chi connectivity index (χ2v) is 7.00. The van der Waals surface area contributed by atoms with Gasteiger partial charge >= 0.3 is 11.9 Å². The molecule has 0 aliphatic heterocycles. The van der Waals surface area contributed by atoms with Gasteiger partial charge in [0.15, 0.2) is 0 Å². The molecule has 0 aliphatic rings. The van der Waals surface area contributed by atoms with Gasteiger partial charge in [0.2, 0.25) is 10.6 Å². The standard InChI is InChI=1S/C13H4Cl2F7N3O2S/c14-6-1-5(27-12(17,18)19)2-7(15)10(6)25-9(3-16)11(8(4-23)24-25)28(26)13(20,21)22/h1-2H,3H2. The number of aromatic nitrogens is 2. The lowest BCUT2D eigenvalue weighted by atomic mass is 10.3. The van der Waals surface area contributed by atoms with Crippen molar-refractivity contribution in [2.45, 2.75) is 23.4 Å². The number of alkyl halides is 7. The third-order valence-electron chi connectivity index (χ3n) is 3.00. The van der Waals surface area contributed by atoms with E-state index in [-0.39, 0.29) is 0 Å². The fourth-order valence-corrected chi connectivity index (χ4v) is 3.54. The van der Waals surface area contributed by atoms with Gasteiger partial charge in [-0.05, 0) is 0 Å². The van der Waals surface area contributed by atoms with Crippen LogP contribution in [0.3, 0.4) is 0 Å². The number of halogens is 9. The minimum atomic E-state index is -5.33. The summed E-state index contributed by atoms with van der Waals surface area (Å²) in [5.41, 5.74) is -7.85. The van der Waals surface area contributed by atoms with E-state index in [1.807, 2.05) is 0 Å². The van der Waals surface area contributed by atoms with Gasteiger partial charge in [-0.1, -0.05) is 23.2 Å². The average Bonchev–Trinajstić information content (AvgIpc) is 2.88. The van der Waals surface area contributed by atoms with Crippen LogP contribution in [0.5, 0.6) is 5.75 Å². The Morgan fingerprint density at radius 1 is 1.18 bits per heavy atom. The average molecular weight is 470 g/mol. The molecule has 0 bridgehead atoms. The first-order valence-electron chi connectivity index (χ1n) is 6.61. The maximum atomic E-state index is 13.5. The van der Waals surface area contributed by atoms with Gasteiger partial charge < -0.3 is 9.29 Å². The summed E-state index contributed by atoms with van der Waals surface area (Å²) in [4.78, 5) is -1.25. The molecule has 1 aromatic carbocycles. The third-order valence-corrected chi connectivity index (χ3v) is 4.79. The van der Waals surface area contributed by atoms with Crippen LogP contribution in [0.2, 0.25) is 10.0 Å². The lowest BCUT2D eigenvalue weighted by Gasteiger charge is -2.15. The fraction of sp³-hybridized carbons (Fsp3) is 0.231. The zero-order chi connectivity index (χ0) is 21.4. The minimum absolute atomic E-state index is 0.375. The van der Waals surface area contributed by atoms with E-state index in [1.165, 1.54) is 6.07 Å². The molecule has 0 saturated heterocycles. The summed E-state index contributed by atoms with van der Waals surface area (Å²) in [6.07, 6.45) is -5.09. The van der Waals surface area contributed by atoms with Gasteiger partial charge in [0, 0.05) is 12.1 Å². The van der Waals surface area contributed by atoms with Crippen molar-refractivity contribution in [2.75, 3.05) is 0 Å². The topological polar surface area (TPSA) is 73.9 Å². The lowest BCUT2D eigenvalue weighted by molar-refractivity contribution is -0.274. The largest absolute Gasteiger partial charge is 0.604 e. The van der Waals surface area contributed by atoms with E-state index < -0.39 is 67.5 Å². The smallest absolute Gasteiger partial charge is 0.578 e. The number of nitriles is 1. The van der Waals surface area contributed by atoms with Crippen molar-refractivity contribution in [3.8, 4) is 17.5 Å². The van der Waals surface area contributed by atoms with Crippen molar-refractivity contribution in [2.24, 2.45) is 0 Å². The quantitative estimate of drug-likeness (QED) is 0.464. The molecule has 0 radical (unpaired) electrons. The highest BCUT2D eigenvalue weighted by Gasteiger charge is 2.50. The molecule has 0 aliphatic carbocycles. The Morgan fingerprint density at radius 2 is 1.71 bits per heavy atom. The Kier molecular flexibility index (Phi) is 6.29. The Balaban J connectivity index is 2.70. The maximum absolute atomic E-state index is 13.5. The van der Waals surface area contributed by atoms with Crippen molar-refractivity contribution in [1.29, 1.82) is 5.26 Å². The van der Waals surface area contributed by atoms with Crippen LogP contribution >= 0.6 is 23.2 Å². The van der Waals surface area contributed by atoms with Gasteiger partial charge in [-0.15, -0.1) is 26.3 Å². The molecule has 0 N–H and O–H groups in total. The zero-order valence-corrected chi connectivity index (χ0v) is 15.2. The molecule has 28 heavy (non-hydrogen) atoms. The summed E-state index contributed by atoms with van der Waals surface area (Å²) in [6.45, 7) is -1.67. The Morgan fingerprint density at radius 3 is 2.11 bits per heavy atom. The molecule has 1 aromatic heterocycles. The van der Waals surface area contributed by atoms with Crippen LogP contribution < -0.4 is 4.74 Å². The second kappa shape index (κ2) is 7.86. The Hall–Kier alpha value is -1.88. The van der Waals surface area contributed by atoms with Gasteiger partial charge in [-0.2, -0.15) is 10.4 Å². The van der Waals surface area contributed by atoms with E-state index in [0.29, 0.717) is 16.8 Å². The molecule has 152 valence electrons. The molecule has 0 amide bonds. The molecular weight excluding hydrogens is 466 g/mol. The first-order valence-corrected chi connectivity index (χ1v) is 8.52. The third kappa shape index (κ3) is 4.57. The molecule has 1 atom stereocenters. The molecule has 0 saturated carbocycles. The zero-order valence-electron chi connectivity index (χ0n) is 12.8. The van der Waals surface area contributed by atoms with Crippen LogP contribution in [0, 0.1) is 11.3 Å². The highest BCUT2D eigenvalue weighted by Crippen LogP contribution is 2.39. The molecule has 15 heteroatoms. The Labute approximate surface area is 164 Å². The second-order valence-electron chi connectivity index (χ2n) is 4.78. The minimum Gasteiger partial charge on any atom is -0.604 e. The molecule has 5 nitrogen and oxygen atoms in total. The number of benzene rings is 1. The van der Waals surface area contributed by atoms with Crippen molar-refractivity contribution < 1.29 is 40.0 Å². The molecule has 2 rings (SSSR count). The maximum Gasteiger partial charge on any atom is 0.578 e. The van der Waals surface area contributed by atoms with Crippen LogP contribution in [0.4, 0.5) is 30.7 Å². The number of hydrogen-bond acceptors (Lipinski definition) is 4. The number of rotatable bonds is 4. The summed E-state index contributed by atoms with van der Waals surface area (Å²) in [5, 5.41) is 11.2. The SMILES string of the molecule is N#Cc1nn(-c2c(Cl)cc(OC(F)(F)F)cc2Cl)c(CF)c1[S+]([O-])C(F)(F)F. The van der Waals surface area contributed by atoms with E-state index in [1.54, 1.807) is 0 Å². The van der Waals surface area contributed by atoms with Gasteiger partial charge in [0.25, 0.3) is 0 Å². The van der Waals surface area contributed by atoms with Crippen LogP contribution in [0.25, 0.3) is 5.69 Å². The summed E-state index contributed by atoms with van der Waals surface area (Å²) in [5.74, 6) is -0.861. The summed E-state index contributed by atoms with van der Waals surface area (Å²) in [7, 11) is 0. The van der Waals surface area contributed by atoms with Crippen molar-refractivity contribution in [1.82, 2.24) is 9.78 Å². The first-order chi connectivity index (χ1) is 12.8. The normalized spacial score (nSPS) is 13.3. The summed E-state index contributed by atoms with van der Waals surface area (Å²) >= 11 is 7.80. The number of ether oxygens (including phenoxy) is 1. The highest BCUT2D eigenvalue weighted by molar-refractivity contribution is 7.92. The van der Waals surface area contributed by atoms with E-state index >= 15 is 0 Å². The number of hydrogen-bond donors (Lipinski definition) is 0. The van der Waals surface area contributed by atoms with Gasteiger partial charge in [0.1, 0.15) is 41.1 Å². The molecule has 1 heterocycles. The predicted octanol–water partition coefficient (Wildman–Crippen LogP) is 5.05. The summed E-state index contributed by atoms with van der Waals surface area (Å²) in [6, 6.07) is 2.45. The molecule has 0 spiro atoms. The predicted molar refractivity (Wildman–Crippen MR) is 82.3 cm³/mol. The van der Waals surface area contributed by atoms with E-state index in [9.17, 15) is 35.3 Å².